The maximum atomic E-state index is 13.8. The molecule has 2 heterocycles. The van der Waals surface area contributed by atoms with Crippen molar-refractivity contribution in [2.24, 2.45) is 0 Å². The fraction of sp³-hybridized carbons (Fsp3) is 0.263. The zero-order valence-corrected chi connectivity index (χ0v) is 14.7. The van der Waals surface area contributed by atoms with Crippen LogP contribution in [0.1, 0.15) is 6.42 Å². The minimum atomic E-state index is -0.382. The third kappa shape index (κ3) is 3.56. The molecule has 0 unspecified atom stereocenters. The molecule has 4 rings (SSSR count). The van der Waals surface area contributed by atoms with Gasteiger partial charge in [0.15, 0.2) is 0 Å². The largest absolute Gasteiger partial charge is 0.496 e. The molecule has 3 N–H and O–H groups in total. The third-order valence-corrected chi connectivity index (χ3v) is 4.32. The Hall–Kier alpha value is -3.13. The van der Waals surface area contributed by atoms with Crippen molar-refractivity contribution < 1.29 is 18.6 Å². The smallest absolute Gasteiger partial charge is 0.146 e. The van der Waals surface area contributed by atoms with Gasteiger partial charge < -0.3 is 25.3 Å². The van der Waals surface area contributed by atoms with Gasteiger partial charge >= 0.3 is 0 Å². The van der Waals surface area contributed by atoms with Gasteiger partial charge in [0.1, 0.15) is 35.6 Å². The van der Waals surface area contributed by atoms with Gasteiger partial charge in [0.25, 0.3) is 0 Å². The molecule has 1 saturated heterocycles. The fourth-order valence-electron chi connectivity index (χ4n) is 3.04. The standard InChI is InChI=1S/C19H19FN4O3/c1-25-17-8-12(21)7-15-18(17)19(23-10-22-15)24-14-3-2-11(20)6-16(14)27-13-4-5-26-9-13/h2-3,6-8,10,13H,4-5,9,21H2,1H3,(H,22,23,24)/t13-/m0/s1. The lowest BCUT2D eigenvalue weighted by atomic mass is 10.2. The van der Waals surface area contributed by atoms with Crippen molar-refractivity contribution in [2.45, 2.75) is 12.5 Å². The highest BCUT2D eigenvalue weighted by Gasteiger charge is 2.20. The van der Waals surface area contributed by atoms with Gasteiger partial charge in [-0.1, -0.05) is 0 Å². The molecule has 2 aromatic carbocycles. The van der Waals surface area contributed by atoms with Gasteiger partial charge in [0, 0.05) is 24.2 Å². The molecule has 1 aromatic heterocycles. The average Bonchev–Trinajstić information content (AvgIpc) is 3.16. The van der Waals surface area contributed by atoms with Crippen LogP contribution >= 0.6 is 0 Å². The Balaban J connectivity index is 1.74. The van der Waals surface area contributed by atoms with Crippen LogP contribution in [0.15, 0.2) is 36.7 Å². The number of nitrogens with two attached hydrogens (primary N) is 1. The summed E-state index contributed by atoms with van der Waals surface area (Å²) in [6, 6.07) is 7.76. The van der Waals surface area contributed by atoms with E-state index in [-0.39, 0.29) is 11.9 Å². The summed E-state index contributed by atoms with van der Waals surface area (Å²) in [5.41, 5.74) is 7.66. The first-order valence-corrected chi connectivity index (χ1v) is 8.53. The summed E-state index contributed by atoms with van der Waals surface area (Å²) in [4.78, 5) is 8.57. The van der Waals surface area contributed by atoms with Gasteiger partial charge in [0.05, 0.1) is 36.9 Å². The number of hydrogen-bond acceptors (Lipinski definition) is 7. The fourth-order valence-corrected chi connectivity index (χ4v) is 3.04. The molecule has 0 radical (unpaired) electrons. The van der Waals surface area contributed by atoms with Crippen LogP contribution in [-0.4, -0.2) is 36.4 Å². The molecule has 27 heavy (non-hydrogen) atoms. The molecule has 0 spiro atoms. The topological polar surface area (TPSA) is 91.5 Å². The predicted octanol–water partition coefficient (Wildman–Crippen LogP) is 3.27. The summed E-state index contributed by atoms with van der Waals surface area (Å²) in [5, 5.41) is 3.88. The summed E-state index contributed by atoms with van der Waals surface area (Å²) in [6.07, 6.45) is 2.08. The lowest BCUT2D eigenvalue weighted by Crippen LogP contribution is -2.16. The number of nitrogen functional groups attached to an aromatic ring is 1. The molecule has 3 aromatic rings. The van der Waals surface area contributed by atoms with E-state index < -0.39 is 0 Å². The Kier molecular flexibility index (Phi) is 4.64. The first-order chi connectivity index (χ1) is 13.1. The molecular weight excluding hydrogens is 351 g/mol. The lowest BCUT2D eigenvalue weighted by Gasteiger charge is -2.17. The van der Waals surface area contributed by atoms with Crippen LogP contribution in [0.5, 0.6) is 11.5 Å². The average molecular weight is 370 g/mol. The number of fused-ring (bicyclic) bond motifs is 1. The lowest BCUT2D eigenvalue weighted by molar-refractivity contribution is 0.141. The number of nitrogens with zero attached hydrogens (tertiary/aromatic N) is 2. The second-order valence-corrected chi connectivity index (χ2v) is 6.21. The Morgan fingerprint density at radius 3 is 2.89 bits per heavy atom. The van der Waals surface area contributed by atoms with Crippen LogP contribution < -0.4 is 20.5 Å². The number of ether oxygens (including phenoxy) is 3. The predicted molar refractivity (Wildman–Crippen MR) is 100 cm³/mol. The maximum absolute atomic E-state index is 13.8. The van der Waals surface area contributed by atoms with Crippen LogP contribution in [0.2, 0.25) is 0 Å². The quantitative estimate of drug-likeness (QED) is 0.666. The van der Waals surface area contributed by atoms with E-state index >= 15 is 0 Å². The summed E-state index contributed by atoms with van der Waals surface area (Å²) < 4.78 is 30.5. The Labute approximate surface area is 155 Å². The minimum absolute atomic E-state index is 0.108. The van der Waals surface area contributed by atoms with E-state index in [9.17, 15) is 4.39 Å². The monoisotopic (exact) mass is 370 g/mol. The number of nitrogens with one attached hydrogen (secondary N) is 1. The summed E-state index contributed by atoms with van der Waals surface area (Å²) in [7, 11) is 1.55. The van der Waals surface area contributed by atoms with Crippen molar-refractivity contribution in [3.63, 3.8) is 0 Å². The minimum Gasteiger partial charge on any atom is -0.496 e. The van der Waals surface area contributed by atoms with Gasteiger partial charge in [-0.2, -0.15) is 0 Å². The molecule has 140 valence electrons. The van der Waals surface area contributed by atoms with E-state index in [0.717, 1.165) is 6.42 Å². The van der Waals surface area contributed by atoms with Crippen molar-refractivity contribution in [2.75, 3.05) is 31.4 Å². The highest BCUT2D eigenvalue weighted by atomic mass is 19.1. The van der Waals surface area contributed by atoms with Gasteiger partial charge in [-0.15, -0.1) is 0 Å². The Morgan fingerprint density at radius 1 is 1.22 bits per heavy atom. The second-order valence-electron chi connectivity index (χ2n) is 6.21. The van der Waals surface area contributed by atoms with Crippen LogP contribution in [-0.2, 0) is 4.74 Å². The number of anilines is 3. The molecule has 7 nitrogen and oxygen atoms in total. The van der Waals surface area contributed by atoms with E-state index in [0.29, 0.717) is 52.8 Å². The molecule has 8 heteroatoms. The molecular formula is C19H19FN4O3. The molecule has 1 atom stereocenters. The van der Waals surface area contributed by atoms with E-state index in [2.05, 4.69) is 15.3 Å². The van der Waals surface area contributed by atoms with E-state index in [4.69, 9.17) is 19.9 Å². The number of aromatic nitrogens is 2. The van der Waals surface area contributed by atoms with Gasteiger partial charge in [-0.25, -0.2) is 14.4 Å². The van der Waals surface area contributed by atoms with Crippen molar-refractivity contribution in [3.8, 4) is 11.5 Å². The summed E-state index contributed by atoms with van der Waals surface area (Å²) in [6.45, 7) is 1.12. The zero-order chi connectivity index (χ0) is 18.8. The van der Waals surface area contributed by atoms with Crippen LogP contribution in [0.3, 0.4) is 0 Å². The van der Waals surface area contributed by atoms with E-state index in [1.165, 1.54) is 18.5 Å². The SMILES string of the molecule is COc1cc(N)cc2ncnc(Nc3ccc(F)cc3O[C@H]3CCOC3)c12. The Bertz CT molecular complexity index is 977. The Morgan fingerprint density at radius 2 is 2.11 bits per heavy atom. The number of rotatable bonds is 5. The normalized spacial score (nSPS) is 16.4. The molecule has 0 saturated carbocycles. The number of methoxy groups -OCH3 is 1. The highest BCUT2D eigenvalue weighted by molar-refractivity contribution is 5.98. The van der Waals surface area contributed by atoms with Gasteiger partial charge in [-0.3, -0.25) is 0 Å². The first kappa shape index (κ1) is 17.3. The van der Waals surface area contributed by atoms with Crippen LogP contribution in [0.25, 0.3) is 10.9 Å². The second kappa shape index (κ2) is 7.24. The number of halogens is 1. The zero-order valence-electron chi connectivity index (χ0n) is 14.7. The van der Waals surface area contributed by atoms with Gasteiger partial charge in [0.2, 0.25) is 0 Å². The van der Waals surface area contributed by atoms with Crippen molar-refractivity contribution in [1.29, 1.82) is 0 Å². The molecule has 1 aliphatic rings. The number of hydrogen-bond donors (Lipinski definition) is 2. The highest BCUT2D eigenvalue weighted by Crippen LogP contribution is 2.36. The van der Waals surface area contributed by atoms with Crippen molar-refractivity contribution in [1.82, 2.24) is 9.97 Å². The van der Waals surface area contributed by atoms with Gasteiger partial charge in [-0.05, 0) is 18.2 Å². The summed E-state index contributed by atoms with van der Waals surface area (Å²) >= 11 is 0. The van der Waals surface area contributed by atoms with Crippen LogP contribution in [0, 0.1) is 5.82 Å². The summed E-state index contributed by atoms with van der Waals surface area (Å²) in [5.74, 6) is 1.07. The first-order valence-electron chi connectivity index (χ1n) is 8.53. The molecule has 1 aliphatic heterocycles. The van der Waals surface area contributed by atoms with E-state index in [1.54, 1.807) is 25.3 Å². The van der Waals surface area contributed by atoms with Crippen LogP contribution in [0.4, 0.5) is 21.6 Å². The third-order valence-electron chi connectivity index (χ3n) is 4.32. The maximum Gasteiger partial charge on any atom is 0.146 e. The molecule has 0 amide bonds. The molecule has 1 fully saturated rings. The van der Waals surface area contributed by atoms with Crippen molar-refractivity contribution in [3.05, 3.63) is 42.5 Å². The molecule has 0 bridgehead atoms. The van der Waals surface area contributed by atoms with E-state index in [1.807, 2.05) is 0 Å². The molecule has 0 aliphatic carbocycles. The van der Waals surface area contributed by atoms with Crippen molar-refractivity contribution >= 4 is 28.1 Å². The number of benzene rings is 2.